The smallest absolute Gasteiger partial charge is 0.321 e. The Morgan fingerprint density at radius 3 is 2.70 bits per heavy atom. The third-order valence-corrected chi connectivity index (χ3v) is 6.21. The number of nitrogens with zero attached hydrogens (tertiary/aromatic N) is 2. The highest BCUT2D eigenvalue weighted by atomic mass is 32.2. The van der Waals surface area contributed by atoms with E-state index in [9.17, 15) is 17.6 Å². The number of sulfonamides is 1. The van der Waals surface area contributed by atoms with Crippen LogP contribution in [0.15, 0.2) is 57.4 Å². The lowest BCUT2D eigenvalue weighted by molar-refractivity contribution is -0.145. The summed E-state index contributed by atoms with van der Waals surface area (Å²) < 4.78 is 48.9. The van der Waals surface area contributed by atoms with Gasteiger partial charge in [0, 0.05) is 7.05 Å². The highest BCUT2D eigenvalue weighted by Gasteiger charge is 2.23. The predicted molar refractivity (Wildman–Crippen MR) is 95.8 cm³/mol. The molecule has 2 heterocycles. The van der Waals surface area contributed by atoms with Crippen LogP contribution in [0.2, 0.25) is 0 Å². The highest BCUT2D eigenvalue weighted by molar-refractivity contribution is 7.89. The van der Waals surface area contributed by atoms with Gasteiger partial charge < -0.3 is 9.15 Å². The molecule has 0 aliphatic carbocycles. The molecule has 0 aliphatic rings. The molecule has 0 spiro atoms. The van der Waals surface area contributed by atoms with Crippen LogP contribution in [0.1, 0.15) is 5.69 Å². The van der Waals surface area contributed by atoms with Crippen LogP contribution in [0.4, 0.5) is 4.39 Å². The highest BCUT2D eigenvalue weighted by Crippen LogP contribution is 2.23. The number of rotatable bonds is 7. The number of carbonyl (C=O) groups excluding carboxylic acids is 1. The molecule has 0 aliphatic heterocycles. The Morgan fingerprint density at radius 2 is 2.04 bits per heavy atom. The second-order valence-corrected chi connectivity index (χ2v) is 8.49. The molecular formula is C17H15FN2O5S2. The Balaban J connectivity index is 1.56. The number of hydrogen-bond acceptors (Lipinski definition) is 7. The van der Waals surface area contributed by atoms with E-state index in [0.717, 1.165) is 33.4 Å². The summed E-state index contributed by atoms with van der Waals surface area (Å²) in [7, 11) is -2.69. The van der Waals surface area contributed by atoms with Gasteiger partial charge in [-0.05, 0) is 35.7 Å². The van der Waals surface area contributed by atoms with Crippen LogP contribution in [0, 0.1) is 5.82 Å². The van der Waals surface area contributed by atoms with E-state index in [4.69, 9.17) is 9.15 Å². The van der Waals surface area contributed by atoms with Crippen molar-refractivity contribution < 1.29 is 26.8 Å². The van der Waals surface area contributed by atoms with Crippen molar-refractivity contribution in [2.45, 2.75) is 11.5 Å². The molecule has 0 radical (unpaired) electrons. The Kier molecular flexibility index (Phi) is 5.68. The number of oxazole rings is 1. The molecule has 0 bridgehead atoms. The van der Waals surface area contributed by atoms with Crippen LogP contribution in [0.25, 0.3) is 10.8 Å². The van der Waals surface area contributed by atoms with Crippen molar-refractivity contribution in [2.75, 3.05) is 13.6 Å². The van der Waals surface area contributed by atoms with Crippen LogP contribution in [0.3, 0.4) is 0 Å². The van der Waals surface area contributed by atoms with Gasteiger partial charge in [-0.25, -0.2) is 17.8 Å². The van der Waals surface area contributed by atoms with Crippen LogP contribution in [0.5, 0.6) is 0 Å². The summed E-state index contributed by atoms with van der Waals surface area (Å²) >= 11 is 1.46. The number of esters is 1. The van der Waals surface area contributed by atoms with Gasteiger partial charge in [-0.15, -0.1) is 11.3 Å². The normalized spacial score (nSPS) is 11.7. The van der Waals surface area contributed by atoms with Gasteiger partial charge in [-0.2, -0.15) is 4.31 Å². The minimum Gasteiger partial charge on any atom is -0.458 e. The molecule has 1 aromatic carbocycles. The summed E-state index contributed by atoms with van der Waals surface area (Å²) in [6.07, 6.45) is 1.38. The van der Waals surface area contributed by atoms with E-state index in [1.54, 1.807) is 0 Å². The summed E-state index contributed by atoms with van der Waals surface area (Å²) in [5.41, 5.74) is 0.413. The fourth-order valence-electron chi connectivity index (χ4n) is 2.14. The molecule has 0 unspecified atom stereocenters. The first-order valence-electron chi connectivity index (χ1n) is 7.72. The van der Waals surface area contributed by atoms with Gasteiger partial charge in [-0.3, -0.25) is 4.79 Å². The Bertz CT molecular complexity index is 1010. The van der Waals surface area contributed by atoms with Gasteiger partial charge >= 0.3 is 5.97 Å². The molecule has 3 aromatic rings. The summed E-state index contributed by atoms with van der Waals surface area (Å²) in [5, 5.41) is 1.89. The van der Waals surface area contributed by atoms with Gasteiger partial charge in [0.15, 0.2) is 0 Å². The number of ether oxygens (including phenoxy) is 1. The quantitative estimate of drug-likeness (QED) is 0.557. The zero-order valence-corrected chi connectivity index (χ0v) is 15.8. The lowest BCUT2D eigenvalue weighted by Crippen LogP contribution is -2.33. The van der Waals surface area contributed by atoms with Crippen molar-refractivity contribution in [1.29, 1.82) is 0 Å². The summed E-state index contributed by atoms with van der Waals surface area (Å²) in [4.78, 5) is 16.9. The molecule has 3 rings (SSSR count). The van der Waals surface area contributed by atoms with E-state index < -0.39 is 28.4 Å². The fraction of sp³-hybridized carbons (Fsp3) is 0.176. The van der Waals surface area contributed by atoms with Gasteiger partial charge in [-0.1, -0.05) is 6.07 Å². The Hall–Kier alpha value is -2.56. The largest absolute Gasteiger partial charge is 0.458 e. The molecular weight excluding hydrogens is 395 g/mol. The second kappa shape index (κ2) is 7.99. The zero-order chi connectivity index (χ0) is 19.4. The molecule has 0 atom stereocenters. The summed E-state index contributed by atoms with van der Waals surface area (Å²) in [6.45, 7) is -0.631. The summed E-state index contributed by atoms with van der Waals surface area (Å²) in [5.74, 6) is -0.874. The lowest BCUT2D eigenvalue weighted by atomic mass is 10.4. The molecule has 0 N–H and O–H groups in total. The standard InChI is InChI=1S/C17H15FN2O5S2/c1-20(27(22,23)14-6-4-12(18)5-7-14)9-16(21)24-10-13-11-25-17(19-13)15-3-2-8-26-15/h2-8,11H,9-10H2,1H3. The van der Waals surface area contributed by atoms with E-state index in [-0.39, 0.29) is 11.5 Å². The molecule has 142 valence electrons. The first-order chi connectivity index (χ1) is 12.9. The van der Waals surface area contributed by atoms with Crippen molar-refractivity contribution in [3.63, 3.8) is 0 Å². The number of likely N-dealkylation sites (N-methyl/N-ethyl adjacent to an activating group) is 1. The van der Waals surface area contributed by atoms with Gasteiger partial charge in [0.2, 0.25) is 15.9 Å². The van der Waals surface area contributed by atoms with E-state index in [2.05, 4.69) is 4.98 Å². The molecule has 0 amide bonds. The number of halogens is 1. The average molecular weight is 410 g/mol. The molecule has 27 heavy (non-hydrogen) atoms. The average Bonchev–Trinajstić information content (AvgIpc) is 3.31. The number of carbonyl (C=O) groups is 1. The van der Waals surface area contributed by atoms with Crippen molar-refractivity contribution in [3.8, 4) is 10.8 Å². The second-order valence-electron chi connectivity index (χ2n) is 5.50. The van der Waals surface area contributed by atoms with Crippen molar-refractivity contribution in [2.24, 2.45) is 0 Å². The monoisotopic (exact) mass is 410 g/mol. The van der Waals surface area contributed by atoms with Gasteiger partial charge in [0.05, 0.1) is 9.77 Å². The number of hydrogen-bond donors (Lipinski definition) is 0. The first kappa shape index (κ1) is 19.2. The predicted octanol–water partition coefficient (Wildman–Crippen LogP) is 2.91. The molecule has 0 saturated carbocycles. The van der Waals surface area contributed by atoms with Gasteiger partial charge in [0.1, 0.15) is 30.9 Å². The topological polar surface area (TPSA) is 89.7 Å². The minimum absolute atomic E-state index is 0.115. The Labute approximate surface area is 159 Å². The maximum atomic E-state index is 12.9. The fourth-order valence-corrected chi connectivity index (χ4v) is 3.91. The molecule has 0 saturated heterocycles. The van der Waals surface area contributed by atoms with Gasteiger partial charge in [0.25, 0.3) is 0 Å². The van der Waals surface area contributed by atoms with E-state index in [1.807, 2.05) is 17.5 Å². The van der Waals surface area contributed by atoms with Crippen molar-refractivity contribution in [3.05, 3.63) is 59.6 Å². The van der Waals surface area contributed by atoms with Crippen LogP contribution >= 0.6 is 11.3 Å². The van der Waals surface area contributed by atoms with E-state index >= 15 is 0 Å². The first-order valence-corrected chi connectivity index (χ1v) is 10.0. The van der Waals surface area contributed by atoms with E-state index in [0.29, 0.717) is 11.6 Å². The lowest BCUT2D eigenvalue weighted by Gasteiger charge is -2.16. The van der Waals surface area contributed by atoms with Crippen molar-refractivity contribution >= 4 is 27.3 Å². The number of benzene rings is 1. The maximum Gasteiger partial charge on any atom is 0.321 e. The molecule has 2 aromatic heterocycles. The minimum atomic E-state index is -3.93. The van der Waals surface area contributed by atoms with Crippen molar-refractivity contribution in [1.82, 2.24) is 9.29 Å². The molecule has 10 heteroatoms. The van der Waals surface area contributed by atoms with Crippen LogP contribution in [-0.2, 0) is 26.2 Å². The number of thiophene rings is 1. The molecule has 7 nitrogen and oxygen atoms in total. The van der Waals surface area contributed by atoms with Crippen LogP contribution < -0.4 is 0 Å². The third kappa shape index (κ3) is 4.59. The zero-order valence-electron chi connectivity index (χ0n) is 14.2. The van der Waals surface area contributed by atoms with Crippen LogP contribution in [-0.4, -0.2) is 37.3 Å². The third-order valence-electron chi connectivity index (χ3n) is 3.54. The maximum absolute atomic E-state index is 12.9. The molecule has 0 fully saturated rings. The number of aromatic nitrogens is 1. The Morgan fingerprint density at radius 1 is 1.30 bits per heavy atom. The SMILES string of the molecule is CN(CC(=O)OCc1coc(-c2cccs2)n1)S(=O)(=O)c1ccc(F)cc1. The van der Waals surface area contributed by atoms with E-state index in [1.165, 1.54) is 24.6 Å². The summed E-state index contributed by atoms with van der Waals surface area (Å²) in [6, 6.07) is 8.05.